The Balaban J connectivity index is 1.65. The predicted molar refractivity (Wildman–Crippen MR) is 143 cm³/mol. The number of rotatable bonds is 13. The molecule has 2 fully saturated rings. The van der Waals surface area contributed by atoms with Gasteiger partial charge in [-0.25, -0.2) is 4.79 Å². The number of halogens is 2. The van der Waals surface area contributed by atoms with Crippen LogP contribution in [0.4, 0.5) is 4.79 Å². The van der Waals surface area contributed by atoms with E-state index < -0.39 is 0 Å². The van der Waals surface area contributed by atoms with Crippen molar-refractivity contribution >= 4 is 29.2 Å². The first kappa shape index (κ1) is 28.5. The molecule has 2 aliphatic rings. The van der Waals surface area contributed by atoms with E-state index in [0.717, 1.165) is 50.3 Å². The molecule has 3 rings (SSSR count). The molecule has 3 unspecified atom stereocenters. The van der Waals surface area contributed by atoms with E-state index in [1.165, 1.54) is 25.7 Å². The standard InChI is InChI=1S/C27H43Cl2N3O3/c1-3-34-15-8-16-35-26(23-12-6-13-24(28)25(23)29)21-11-7-14-32(19-21)27(33)31-22(18-30-2)17-20-9-4-5-10-20/h6,12-13,20-22,26,30H,3-5,7-11,14-19H2,1-2H3,(H,31,33). The van der Waals surface area contributed by atoms with Crippen molar-refractivity contribution in [3.63, 3.8) is 0 Å². The second-order valence-corrected chi connectivity index (χ2v) is 10.7. The van der Waals surface area contributed by atoms with Crippen molar-refractivity contribution in [3.8, 4) is 0 Å². The molecule has 1 saturated carbocycles. The summed E-state index contributed by atoms with van der Waals surface area (Å²) in [4.78, 5) is 15.3. The molecule has 3 atom stereocenters. The number of hydrogen-bond acceptors (Lipinski definition) is 4. The van der Waals surface area contributed by atoms with Gasteiger partial charge in [-0.1, -0.05) is 61.0 Å². The van der Waals surface area contributed by atoms with E-state index in [-0.39, 0.29) is 24.1 Å². The molecule has 0 bridgehead atoms. The second-order valence-electron chi connectivity index (χ2n) is 9.92. The van der Waals surface area contributed by atoms with E-state index in [1.807, 2.05) is 31.0 Å². The van der Waals surface area contributed by atoms with Gasteiger partial charge in [-0.05, 0) is 51.6 Å². The molecule has 35 heavy (non-hydrogen) atoms. The summed E-state index contributed by atoms with van der Waals surface area (Å²) in [6.07, 6.45) is 8.76. The molecule has 1 aliphatic carbocycles. The Kier molecular flexibility index (Phi) is 12.4. The van der Waals surface area contributed by atoms with Gasteiger partial charge in [0, 0.05) is 57.0 Å². The van der Waals surface area contributed by atoms with Gasteiger partial charge in [0.25, 0.3) is 0 Å². The number of likely N-dealkylation sites (N-methyl/N-ethyl adjacent to an activating group) is 1. The molecule has 1 aliphatic heterocycles. The lowest BCUT2D eigenvalue weighted by atomic mass is 9.88. The fourth-order valence-corrected chi connectivity index (χ4v) is 5.95. The van der Waals surface area contributed by atoms with Crippen LogP contribution in [0.25, 0.3) is 0 Å². The summed E-state index contributed by atoms with van der Waals surface area (Å²) in [6, 6.07) is 5.89. The fourth-order valence-electron chi connectivity index (χ4n) is 5.53. The third-order valence-corrected chi connectivity index (χ3v) is 8.10. The minimum atomic E-state index is -0.218. The Hall–Kier alpha value is -1.05. The topological polar surface area (TPSA) is 62.8 Å². The Morgan fingerprint density at radius 2 is 1.97 bits per heavy atom. The molecule has 2 amide bonds. The highest BCUT2D eigenvalue weighted by atomic mass is 35.5. The minimum absolute atomic E-state index is 0.0280. The van der Waals surface area contributed by atoms with E-state index in [0.29, 0.717) is 36.4 Å². The predicted octanol–water partition coefficient (Wildman–Crippen LogP) is 6.07. The van der Waals surface area contributed by atoms with Crippen LogP contribution < -0.4 is 10.6 Å². The van der Waals surface area contributed by atoms with Gasteiger partial charge in [-0.3, -0.25) is 0 Å². The molecule has 8 heteroatoms. The molecule has 0 radical (unpaired) electrons. The average molecular weight is 529 g/mol. The maximum atomic E-state index is 13.3. The lowest BCUT2D eigenvalue weighted by Gasteiger charge is -2.38. The van der Waals surface area contributed by atoms with Crippen molar-refractivity contribution in [3.05, 3.63) is 33.8 Å². The number of nitrogens with one attached hydrogen (secondary N) is 2. The van der Waals surface area contributed by atoms with Crippen LogP contribution >= 0.6 is 23.2 Å². The Morgan fingerprint density at radius 1 is 1.17 bits per heavy atom. The third-order valence-electron chi connectivity index (χ3n) is 7.27. The SMILES string of the molecule is CCOCCCOC(c1cccc(Cl)c1Cl)C1CCCN(C(=O)NC(CNC)CC2CCCC2)C1. The molecule has 1 aromatic rings. The number of likely N-dealkylation sites (tertiary alicyclic amines) is 1. The Labute approximate surface area is 221 Å². The molecule has 0 spiro atoms. The monoisotopic (exact) mass is 527 g/mol. The first-order chi connectivity index (χ1) is 17.0. The van der Waals surface area contributed by atoms with Crippen molar-refractivity contribution in [2.45, 2.75) is 70.4 Å². The fraction of sp³-hybridized carbons (Fsp3) is 0.741. The maximum absolute atomic E-state index is 13.3. The van der Waals surface area contributed by atoms with Crippen LogP contribution in [-0.4, -0.2) is 63.5 Å². The summed E-state index contributed by atoms with van der Waals surface area (Å²) in [7, 11) is 1.95. The van der Waals surface area contributed by atoms with Gasteiger partial charge in [0.2, 0.25) is 0 Å². The largest absolute Gasteiger partial charge is 0.382 e. The van der Waals surface area contributed by atoms with E-state index >= 15 is 0 Å². The van der Waals surface area contributed by atoms with Gasteiger partial charge in [0.05, 0.1) is 16.1 Å². The molecule has 0 aromatic heterocycles. The van der Waals surface area contributed by atoms with Crippen molar-refractivity contribution in [2.24, 2.45) is 11.8 Å². The summed E-state index contributed by atoms with van der Waals surface area (Å²) in [5.74, 6) is 0.873. The highest BCUT2D eigenvalue weighted by Gasteiger charge is 2.33. The molecule has 2 N–H and O–H groups in total. The molecule has 198 valence electrons. The van der Waals surface area contributed by atoms with Gasteiger partial charge >= 0.3 is 6.03 Å². The number of carbonyl (C=O) groups excluding carboxylic acids is 1. The minimum Gasteiger partial charge on any atom is -0.382 e. The number of hydrogen-bond donors (Lipinski definition) is 2. The number of ether oxygens (including phenoxy) is 2. The number of benzene rings is 1. The first-order valence-corrected chi connectivity index (χ1v) is 14.1. The summed E-state index contributed by atoms with van der Waals surface area (Å²) in [6.45, 7) is 6.13. The van der Waals surface area contributed by atoms with Crippen LogP contribution in [-0.2, 0) is 9.47 Å². The van der Waals surface area contributed by atoms with E-state index in [4.69, 9.17) is 32.7 Å². The molecular formula is C27H43Cl2N3O3. The van der Waals surface area contributed by atoms with E-state index in [2.05, 4.69) is 10.6 Å². The molecule has 6 nitrogen and oxygen atoms in total. The number of carbonyl (C=O) groups is 1. The van der Waals surface area contributed by atoms with Crippen molar-refractivity contribution in [2.75, 3.05) is 46.5 Å². The summed E-state index contributed by atoms with van der Waals surface area (Å²) >= 11 is 13.0. The lowest BCUT2D eigenvalue weighted by molar-refractivity contribution is -0.0184. The van der Waals surface area contributed by atoms with Crippen LogP contribution in [0.15, 0.2) is 18.2 Å². The van der Waals surface area contributed by atoms with Gasteiger partial charge in [-0.2, -0.15) is 0 Å². The molecule has 1 aromatic carbocycles. The van der Waals surface area contributed by atoms with Crippen LogP contribution in [0.5, 0.6) is 0 Å². The summed E-state index contributed by atoms with van der Waals surface area (Å²) < 4.78 is 11.9. The number of nitrogens with zero attached hydrogens (tertiary/aromatic N) is 1. The van der Waals surface area contributed by atoms with Gasteiger partial charge in [0.1, 0.15) is 0 Å². The van der Waals surface area contributed by atoms with Crippen molar-refractivity contribution < 1.29 is 14.3 Å². The molecule has 1 heterocycles. The van der Waals surface area contributed by atoms with Gasteiger partial charge in [-0.15, -0.1) is 0 Å². The zero-order chi connectivity index (χ0) is 25.0. The third kappa shape index (κ3) is 8.78. The van der Waals surface area contributed by atoms with Crippen molar-refractivity contribution in [1.82, 2.24) is 15.5 Å². The normalized spacial score (nSPS) is 20.7. The number of piperidine rings is 1. The van der Waals surface area contributed by atoms with E-state index in [9.17, 15) is 4.79 Å². The highest BCUT2D eigenvalue weighted by Crippen LogP contribution is 2.39. The Bertz CT molecular complexity index is 776. The van der Waals surface area contributed by atoms with E-state index in [1.54, 1.807) is 6.07 Å². The average Bonchev–Trinajstić information content (AvgIpc) is 3.37. The number of amides is 2. The molecular weight excluding hydrogens is 485 g/mol. The Morgan fingerprint density at radius 3 is 2.71 bits per heavy atom. The zero-order valence-corrected chi connectivity index (χ0v) is 22.9. The van der Waals surface area contributed by atoms with Crippen LogP contribution in [0.2, 0.25) is 10.0 Å². The molecule has 1 saturated heterocycles. The highest BCUT2D eigenvalue weighted by molar-refractivity contribution is 6.42. The first-order valence-electron chi connectivity index (χ1n) is 13.4. The number of urea groups is 1. The maximum Gasteiger partial charge on any atom is 0.317 e. The smallest absolute Gasteiger partial charge is 0.317 e. The quantitative estimate of drug-likeness (QED) is 0.305. The summed E-state index contributed by atoms with van der Waals surface area (Å²) in [5, 5.41) is 7.64. The zero-order valence-electron chi connectivity index (χ0n) is 21.4. The van der Waals surface area contributed by atoms with Crippen LogP contribution in [0.3, 0.4) is 0 Å². The van der Waals surface area contributed by atoms with Crippen LogP contribution in [0, 0.1) is 11.8 Å². The van der Waals surface area contributed by atoms with Gasteiger partial charge < -0.3 is 25.0 Å². The van der Waals surface area contributed by atoms with Gasteiger partial charge in [0.15, 0.2) is 0 Å². The lowest BCUT2D eigenvalue weighted by Crippen LogP contribution is -2.51. The van der Waals surface area contributed by atoms with Crippen molar-refractivity contribution in [1.29, 1.82) is 0 Å². The van der Waals surface area contributed by atoms with Crippen LogP contribution in [0.1, 0.15) is 70.0 Å². The second kappa shape index (κ2) is 15.3. The summed E-state index contributed by atoms with van der Waals surface area (Å²) in [5.41, 5.74) is 0.900.